The Kier molecular flexibility index (Phi) is 4.25. The molecule has 0 N–H and O–H groups in total. The number of hydrogen-bond acceptors (Lipinski definition) is 4. The lowest BCUT2D eigenvalue weighted by Gasteiger charge is -2.24. The number of imide groups is 1. The van der Waals surface area contributed by atoms with Gasteiger partial charge in [0.25, 0.3) is 0 Å². The average Bonchev–Trinajstić information content (AvgIpc) is 2.85. The Bertz CT molecular complexity index is 822. The van der Waals surface area contributed by atoms with E-state index in [0.717, 1.165) is 16.0 Å². The summed E-state index contributed by atoms with van der Waals surface area (Å²) in [5, 5.41) is 0. The Morgan fingerprint density at radius 1 is 1.00 bits per heavy atom. The minimum Gasteiger partial charge on any atom is -0.496 e. The van der Waals surface area contributed by atoms with E-state index in [4.69, 9.17) is 9.47 Å². The van der Waals surface area contributed by atoms with Crippen LogP contribution in [0.2, 0.25) is 0 Å². The Balaban J connectivity index is 2.08. The van der Waals surface area contributed by atoms with Crippen LogP contribution in [-0.2, 0) is 9.53 Å². The predicted octanol–water partition coefficient (Wildman–Crippen LogP) is 4.11. The second-order valence-electron chi connectivity index (χ2n) is 6.89. The largest absolute Gasteiger partial charge is 0.496 e. The molecule has 1 heterocycles. The van der Waals surface area contributed by atoms with Gasteiger partial charge in [-0.25, -0.2) is 9.69 Å². The van der Waals surface area contributed by atoms with Crippen molar-refractivity contribution < 1.29 is 19.1 Å². The number of benzene rings is 2. The number of anilines is 1. The first-order valence-electron chi connectivity index (χ1n) is 8.12. The monoisotopic (exact) mass is 339 g/mol. The van der Waals surface area contributed by atoms with E-state index in [-0.39, 0.29) is 5.91 Å². The number of methoxy groups -OCH3 is 1. The molecule has 1 aliphatic rings. The van der Waals surface area contributed by atoms with Crippen molar-refractivity contribution in [1.29, 1.82) is 0 Å². The predicted molar refractivity (Wildman–Crippen MR) is 95.0 cm³/mol. The summed E-state index contributed by atoms with van der Waals surface area (Å²) in [6.45, 7) is 5.32. The topological polar surface area (TPSA) is 55.8 Å². The van der Waals surface area contributed by atoms with Crippen molar-refractivity contribution in [3.63, 3.8) is 0 Å². The molecule has 0 saturated carbocycles. The van der Waals surface area contributed by atoms with Crippen LogP contribution in [0.3, 0.4) is 0 Å². The lowest BCUT2D eigenvalue weighted by Crippen LogP contribution is -2.39. The van der Waals surface area contributed by atoms with E-state index < -0.39 is 17.6 Å². The Morgan fingerprint density at radius 2 is 1.60 bits per heavy atom. The summed E-state index contributed by atoms with van der Waals surface area (Å²) >= 11 is 0. The Labute approximate surface area is 147 Å². The maximum atomic E-state index is 13.1. The van der Waals surface area contributed by atoms with E-state index in [0.29, 0.717) is 11.4 Å². The van der Waals surface area contributed by atoms with E-state index in [2.05, 4.69) is 0 Å². The second-order valence-corrected chi connectivity index (χ2v) is 6.89. The molecule has 3 rings (SSSR count). The fourth-order valence-corrected chi connectivity index (χ4v) is 3.02. The first-order chi connectivity index (χ1) is 11.8. The molecule has 1 atom stereocenters. The molecular formula is C20H21NO4. The molecule has 0 bridgehead atoms. The number of fused-ring (bicyclic) bond motifs is 1. The van der Waals surface area contributed by atoms with Crippen molar-refractivity contribution >= 4 is 17.7 Å². The number of carbonyl (C=O) groups is 2. The summed E-state index contributed by atoms with van der Waals surface area (Å²) in [6.07, 6.45) is -0.664. The lowest BCUT2D eigenvalue weighted by molar-refractivity contribution is -0.118. The van der Waals surface area contributed by atoms with Crippen molar-refractivity contribution in [3.05, 3.63) is 59.7 Å². The number of amides is 2. The molecule has 0 spiro atoms. The van der Waals surface area contributed by atoms with E-state index >= 15 is 0 Å². The van der Waals surface area contributed by atoms with Crippen molar-refractivity contribution in [3.8, 4) is 5.75 Å². The minimum absolute atomic E-state index is 0.333. The summed E-state index contributed by atoms with van der Waals surface area (Å²) in [5.74, 6) is -0.318. The fourth-order valence-electron chi connectivity index (χ4n) is 3.02. The van der Waals surface area contributed by atoms with Crippen LogP contribution in [0.1, 0.15) is 37.8 Å². The van der Waals surface area contributed by atoms with Crippen LogP contribution < -0.4 is 9.64 Å². The molecular weight excluding hydrogens is 318 g/mol. The molecule has 0 saturated heterocycles. The zero-order chi connectivity index (χ0) is 18.2. The quantitative estimate of drug-likeness (QED) is 0.826. The number of hydrogen-bond donors (Lipinski definition) is 0. The van der Waals surface area contributed by atoms with Gasteiger partial charge in [-0.2, -0.15) is 0 Å². The van der Waals surface area contributed by atoms with Gasteiger partial charge in [-0.1, -0.05) is 36.4 Å². The molecule has 130 valence electrons. The molecule has 1 aliphatic heterocycles. The van der Waals surface area contributed by atoms with Gasteiger partial charge in [-0.15, -0.1) is 0 Å². The van der Waals surface area contributed by atoms with Crippen LogP contribution in [-0.4, -0.2) is 24.7 Å². The minimum atomic E-state index is -0.686. The van der Waals surface area contributed by atoms with E-state index in [9.17, 15) is 9.59 Å². The standard InChI is InChI=1S/C20H21NO4/c1-20(2,3)25-19(23)21-15-11-7-5-9-13(15)17(18(21)22)14-10-6-8-12-16(14)24-4/h5-12,17H,1-4H3/t17-/m1/s1. The molecule has 0 aliphatic carbocycles. The third-order valence-electron chi connectivity index (χ3n) is 3.98. The normalized spacial score (nSPS) is 16.6. The highest BCUT2D eigenvalue weighted by atomic mass is 16.6. The smallest absolute Gasteiger partial charge is 0.421 e. The molecule has 0 radical (unpaired) electrons. The number of ether oxygens (including phenoxy) is 2. The van der Waals surface area contributed by atoms with Gasteiger partial charge in [0, 0.05) is 5.56 Å². The highest BCUT2D eigenvalue weighted by molar-refractivity contribution is 6.20. The maximum Gasteiger partial charge on any atom is 0.421 e. The van der Waals surface area contributed by atoms with Gasteiger partial charge in [0.2, 0.25) is 5.91 Å². The second kappa shape index (κ2) is 6.24. The van der Waals surface area contributed by atoms with Crippen LogP contribution in [0, 0.1) is 0 Å². The molecule has 2 aromatic carbocycles. The Hall–Kier alpha value is -2.82. The summed E-state index contributed by atoms with van der Waals surface area (Å²) in [4.78, 5) is 26.9. The van der Waals surface area contributed by atoms with E-state index in [1.54, 1.807) is 46.1 Å². The third kappa shape index (κ3) is 3.09. The number of para-hydroxylation sites is 2. The lowest BCUT2D eigenvalue weighted by atomic mass is 9.92. The van der Waals surface area contributed by atoms with Crippen molar-refractivity contribution in [2.45, 2.75) is 32.3 Å². The average molecular weight is 339 g/mol. The van der Waals surface area contributed by atoms with Gasteiger partial charge < -0.3 is 9.47 Å². The molecule has 2 amide bonds. The highest BCUT2D eigenvalue weighted by Gasteiger charge is 2.44. The summed E-state index contributed by atoms with van der Waals surface area (Å²) in [7, 11) is 1.57. The zero-order valence-electron chi connectivity index (χ0n) is 14.8. The molecule has 5 heteroatoms. The Morgan fingerprint density at radius 3 is 2.24 bits per heavy atom. The summed E-state index contributed by atoms with van der Waals surface area (Å²) < 4.78 is 10.8. The third-order valence-corrected chi connectivity index (χ3v) is 3.98. The van der Waals surface area contributed by atoms with Gasteiger partial charge in [0.1, 0.15) is 11.4 Å². The number of rotatable bonds is 2. The van der Waals surface area contributed by atoms with Crippen LogP contribution in [0.15, 0.2) is 48.5 Å². The highest BCUT2D eigenvalue weighted by Crippen LogP contribution is 2.44. The van der Waals surface area contributed by atoms with Gasteiger partial charge in [-0.05, 0) is 38.5 Å². The number of nitrogens with zero attached hydrogens (tertiary/aromatic N) is 1. The van der Waals surface area contributed by atoms with Gasteiger partial charge in [0.15, 0.2) is 0 Å². The van der Waals surface area contributed by atoms with Gasteiger partial charge in [-0.3, -0.25) is 4.79 Å². The summed E-state index contributed by atoms with van der Waals surface area (Å²) in [5.41, 5.74) is 1.36. The van der Waals surface area contributed by atoms with Crippen LogP contribution in [0.25, 0.3) is 0 Å². The summed E-state index contributed by atoms with van der Waals surface area (Å²) in [6, 6.07) is 14.6. The molecule has 5 nitrogen and oxygen atoms in total. The molecule has 0 aromatic heterocycles. The fraction of sp³-hybridized carbons (Fsp3) is 0.300. The van der Waals surface area contributed by atoms with Crippen LogP contribution >= 0.6 is 0 Å². The molecule has 0 fully saturated rings. The first kappa shape index (κ1) is 17.0. The SMILES string of the molecule is COc1ccccc1[C@@H]1C(=O)N(C(=O)OC(C)(C)C)c2ccccc21. The maximum absolute atomic E-state index is 13.1. The van der Waals surface area contributed by atoms with Gasteiger partial charge >= 0.3 is 6.09 Å². The van der Waals surface area contributed by atoms with Crippen molar-refractivity contribution in [2.75, 3.05) is 12.0 Å². The molecule has 2 aromatic rings. The van der Waals surface area contributed by atoms with Crippen molar-refractivity contribution in [1.82, 2.24) is 0 Å². The zero-order valence-corrected chi connectivity index (χ0v) is 14.8. The van der Waals surface area contributed by atoms with E-state index in [1.165, 1.54) is 0 Å². The molecule has 25 heavy (non-hydrogen) atoms. The van der Waals surface area contributed by atoms with Crippen molar-refractivity contribution in [2.24, 2.45) is 0 Å². The first-order valence-corrected chi connectivity index (χ1v) is 8.12. The molecule has 0 unspecified atom stereocenters. The van der Waals surface area contributed by atoms with Crippen LogP contribution in [0.4, 0.5) is 10.5 Å². The number of carbonyl (C=O) groups excluding carboxylic acids is 2. The van der Waals surface area contributed by atoms with E-state index in [1.807, 2.05) is 30.3 Å². The van der Waals surface area contributed by atoms with Crippen LogP contribution in [0.5, 0.6) is 5.75 Å². The van der Waals surface area contributed by atoms with Gasteiger partial charge in [0.05, 0.1) is 18.7 Å².